The van der Waals surface area contributed by atoms with E-state index in [9.17, 15) is 4.79 Å². The standard InChI is InChI=1S/C13H13ClN4O/c1-15-12-11(14)6-9(7-17-12)13(19)18(2)10-4-3-5-16-8-10/h3-8H,1-2H3,(H,15,17). The van der Waals surface area contributed by atoms with Gasteiger partial charge in [0, 0.05) is 26.5 Å². The molecule has 0 spiro atoms. The maximum atomic E-state index is 12.3. The summed E-state index contributed by atoms with van der Waals surface area (Å²) in [6, 6.07) is 5.17. The van der Waals surface area contributed by atoms with E-state index < -0.39 is 0 Å². The first-order valence-corrected chi connectivity index (χ1v) is 6.02. The van der Waals surface area contributed by atoms with E-state index in [1.807, 2.05) is 6.07 Å². The Hall–Kier alpha value is -2.14. The number of halogens is 1. The maximum Gasteiger partial charge on any atom is 0.259 e. The molecule has 0 aliphatic heterocycles. The molecule has 2 aromatic heterocycles. The molecule has 0 fully saturated rings. The van der Waals surface area contributed by atoms with Crippen molar-refractivity contribution in [2.45, 2.75) is 0 Å². The summed E-state index contributed by atoms with van der Waals surface area (Å²) in [4.78, 5) is 21.8. The van der Waals surface area contributed by atoms with Crippen LogP contribution in [-0.4, -0.2) is 30.0 Å². The van der Waals surface area contributed by atoms with Crippen molar-refractivity contribution < 1.29 is 4.79 Å². The molecule has 0 radical (unpaired) electrons. The van der Waals surface area contributed by atoms with E-state index in [0.717, 1.165) is 0 Å². The Balaban J connectivity index is 2.27. The van der Waals surface area contributed by atoms with Gasteiger partial charge in [-0.15, -0.1) is 0 Å². The fraction of sp³-hybridized carbons (Fsp3) is 0.154. The number of hydrogen-bond donors (Lipinski definition) is 1. The Labute approximate surface area is 116 Å². The third kappa shape index (κ3) is 2.82. The molecule has 0 atom stereocenters. The van der Waals surface area contributed by atoms with Crippen LogP contribution in [0.3, 0.4) is 0 Å². The van der Waals surface area contributed by atoms with Gasteiger partial charge < -0.3 is 10.2 Å². The van der Waals surface area contributed by atoms with Crippen LogP contribution in [0.1, 0.15) is 10.4 Å². The van der Waals surface area contributed by atoms with Crippen LogP contribution in [0.4, 0.5) is 11.5 Å². The summed E-state index contributed by atoms with van der Waals surface area (Å²) in [5.41, 5.74) is 1.14. The van der Waals surface area contributed by atoms with E-state index in [-0.39, 0.29) is 5.91 Å². The molecule has 0 aromatic carbocycles. The molecule has 2 rings (SSSR count). The lowest BCUT2D eigenvalue weighted by Gasteiger charge is -2.17. The number of hydrogen-bond acceptors (Lipinski definition) is 4. The van der Waals surface area contributed by atoms with Crippen molar-refractivity contribution in [3.63, 3.8) is 0 Å². The number of carbonyl (C=O) groups is 1. The molecule has 0 bridgehead atoms. The van der Waals surface area contributed by atoms with Gasteiger partial charge >= 0.3 is 0 Å². The van der Waals surface area contributed by atoms with Gasteiger partial charge in [0.15, 0.2) is 0 Å². The number of anilines is 2. The molecule has 2 heterocycles. The predicted molar refractivity (Wildman–Crippen MR) is 75.8 cm³/mol. The van der Waals surface area contributed by atoms with Gasteiger partial charge in [-0.2, -0.15) is 0 Å². The van der Waals surface area contributed by atoms with E-state index in [2.05, 4.69) is 15.3 Å². The van der Waals surface area contributed by atoms with Crippen molar-refractivity contribution in [3.8, 4) is 0 Å². The number of aromatic nitrogens is 2. The van der Waals surface area contributed by atoms with Crippen molar-refractivity contribution in [2.75, 3.05) is 24.3 Å². The average Bonchev–Trinajstić information content (AvgIpc) is 2.46. The number of pyridine rings is 2. The van der Waals surface area contributed by atoms with Crippen molar-refractivity contribution in [3.05, 3.63) is 47.4 Å². The van der Waals surface area contributed by atoms with Gasteiger partial charge in [0.2, 0.25) is 0 Å². The Morgan fingerprint density at radius 3 is 2.79 bits per heavy atom. The van der Waals surface area contributed by atoms with Crippen LogP contribution in [0.25, 0.3) is 0 Å². The fourth-order valence-electron chi connectivity index (χ4n) is 1.60. The minimum Gasteiger partial charge on any atom is -0.372 e. The molecule has 19 heavy (non-hydrogen) atoms. The molecule has 1 amide bonds. The second-order valence-corrected chi connectivity index (χ2v) is 4.29. The summed E-state index contributed by atoms with van der Waals surface area (Å²) >= 11 is 6.02. The van der Waals surface area contributed by atoms with Gasteiger partial charge in [-0.25, -0.2) is 4.98 Å². The highest BCUT2D eigenvalue weighted by molar-refractivity contribution is 6.33. The quantitative estimate of drug-likeness (QED) is 0.935. The maximum absolute atomic E-state index is 12.3. The molecule has 0 saturated carbocycles. The van der Waals surface area contributed by atoms with Crippen molar-refractivity contribution in [1.82, 2.24) is 9.97 Å². The second-order valence-electron chi connectivity index (χ2n) is 3.88. The lowest BCUT2D eigenvalue weighted by molar-refractivity contribution is 0.0992. The van der Waals surface area contributed by atoms with Gasteiger partial charge in [-0.1, -0.05) is 11.6 Å². The fourth-order valence-corrected chi connectivity index (χ4v) is 1.86. The first kappa shape index (κ1) is 13.3. The summed E-state index contributed by atoms with van der Waals surface area (Å²) < 4.78 is 0. The largest absolute Gasteiger partial charge is 0.372 e. The SMILES string of the molecule is CNc1ncc(C(=O)N(C)c2cccnc2)cc1Cl. The molecule has 5 nitrogen and oxygen atoms in total. The zero-order valence-electron chi connectivity index (χ0n) is 10.6. The van der Waals surface area contributed by atoms with Crippen molar-refractivity contribution >= 4 is 29.0 Å². The molecular formula is C13H13ClN4O. The molecule has 0 unspecified atom stereocenters. The average molecular weight is 277 g/mol. The molecule has 2 aromatic rings. The Bertz CT molecular complexity index is 588. The zero-order chi connectivity index (χ0) is 13.8. The van der Waals surface area contributed by atoms with Crippen molar-refractivity contribution in [1.29, 1.82) is 0 Å². The number of rotatable bonds is 3. The third-order valence-corrected chi connectivity index (χ3v) is 2.95. The highest BCUT2D eigenvalue weighted by Gasteiger charge is 2.15. The smallest absolute Gasteiger partial charge is 0.259 e. The van der Waals surface area contributed by atoms with E-state index in [1.165, 1.54) is 11.1 Å². The van der Waals surface area contributed by atoms with E-state index in [4.69, 9.17) is 11.6 Å². The minimum atomic E-state index is -0.190. The Morgan fingerprint density at radius 1 is 1.42 bits per heavy atom. The lowest BCUT2D eigenvalue weighted by Crippen LogP contribution is -2.26. The molecule has 6 heteroatoms. The van der Waals surface area contributed by atoms with Gasteiger partial charge in [-0.05, 0) is 18.2 Å². The molecule has 0 saturated heterocycles. The van der Waals surface area contributed by atoms with Crippen LogP contribution in [0, 0.1) is 0 Å². The van der Waals surface area contributed by atoms with Crippen LogP contribution in [0.2, 0.25) is 5.02 Å². The minimum absolute atomic E-state index is 0.190. The van der Waals surface area contributed by atoms with Crippen LogP contribution >= 0.6 is 11.6 Å². The summed E-state index contributed by atoms with van der Waals surface area (Å²) in [6.45, 7) is 0. The molecule has 1 N–H and O–H groups in total. The van der Waals surface area contributed by atoms with Crippen LogP contribution in [0.15, 0.2) is 36.8 Å². The molecular weight excluding hydrogens is 264 g/mol. The zero-order valence-corrected chi connectivity index (χ0v) is 11.3. The van der Waals surface area contributed by atoms with Gasteiger partial charge in [-0.3, -0.25) is 9.78 Å². The Morgan fingerprint density at radius 2 is 2.21 bits per heavy atom. The third-order valence-electron chi connectivity index (χ3n) is 2.66. The van der Waals surface area contributed by atoms with E-state index in [0.29, 0.717) is 22.1 Å². The molecule has 98 valence electrons. The summed E-state index contributed by atoms with van der Waals surface area (Å²) in [5, 5.41) is 3.25. The highest BCUT2D eigenvalue weighted by Crippen LogP contribution is 2.21. The van der Waals surface area contributed by atoms with Crippen LogP contribution < -0.4 is 10.2 Å². The Kier molecular flexibility index (Phi) is 3.97. The summed E-state index contributed by atoms with van der Waals surface area (Å²) in [6.07, 6.45) is 4.77. The second kappa shape index (κ2) is 5.67. The van der Waals surface area contributed by atoms with Gasteiger partial charge in [0.1, 0.15) is 5.82 Å². The number of nitrogens with one attached hydrogen (secondary N) is 1. The van der Waals surface area contributed by atoms with Crippen LogP contribution in [0.5, 0.6) is 0 Å². The first-order valence-electron chi connectivity index (χ1n) is 5.65. The highest BCUT2D eigenvalue weighted by atomic mass is 35.5. The molecule has 0 aliphatic carbocycles. The number of amides is 1. The van der Waals surface area contributed by atoms with Crippen LogP contribution in [-0.2, 0) is 0 Å². The van der Waals surface area contributed by atoms with Crippen molar-refractivity contribution in [2.24, 2.45) is 0 Å². The van der Waals surface area contributed by atoms with E-state index in [1.54, 1.807) is 38.6 Å². The summed E-state index contributed by atoms with van der Waals surface area (Å²) in [5.74, 6) is 0.354. The number of nitrogens with zero attached hydrogens (tertiary/aromatic N) is 3. The van der Waals surface area contributed by atoms with Gasteiger partial charge in [0.05, 0.1) is 22.5 Å². The predicted octanol–water partition coefficient (Wildman–Crippen LogP) is 2.45. The number of carbonyl (C=O) groups excluding carboxylic acids is 1. The topological polar surface area (TPSA) is 58.1 Å². The normalized spacial score (nSPS) is 10.1. The lowest BCUT2D eigenvalue weighted by atomic mass is 10.2. The summed E-state index contributed by atoms with van der Waals surface area (Å²) in [7, 11) is 3.40. The van der Waals surface area contributed by atoms with E-state index >= 15 is 0 Å². The monoisotopic (exact) mass is 276 g/mol. The first-order chi connectivity index (χ1) is 9.13. The molecule has 0 aliphatic rings. The van der Waals surface area contributed by atoms with Gasteiger partial charge in [0.25, 0.3) is 5.91 Å².